The minimum Gasteiger partial charge on any atom is -0.491 e. The van der Waals surface area contributed by atoms with Crippen LogP contribution in [0.2, 0.25) is 0 Å². The average Bonchev–Trinajstić information content (AvgIpc) is 4.01. The molecule has 2 aromatic heterocycles. The summed E-state index contributed by atoms with van der Waals surface area (Å²) in [7, 11) is -4.59. The average molecular weight is 989 g/mol. The number of anilines is 4. The van der Waals surface area contributed by atoms with E-state index in [-0.39, 0.29) is 40.7 Å². The quantitative estimate of drug-likeness (QED) is 0.0749. The number of benzene rings is 3. The molecule has 11 rings (SSSR count). The number of aromatic amines is 1. The van der Waals surface area contributed by atoms with Crippen LogP contribution in [0.25, 0.3) is 11.0 Å². The van der Waals surface area contributed by atoms with E-state index in [0.29, 0.717) is 80.9 Å². The number of hydrogen-bond acceptors (Lipinski definition) is 14. The number of nitro groups is 1. The van der Waals surface area contributed by atoms with Crippen LogP contribution in [0.1, 0.15) is 93.6 Å². The van der Waals surface area contributed by atoms with Crippen LogP contribution in [0.5, 0.6) is 11.6 Å². The number of piperidine rings is 1. The number of para-hydroxylation sites is 1. The molecule has 5 aliphatic heterocycles. The Morgan fingerprint density at radius 2 is 1.76 bits per heavy atom. The number of nitrogens with zero attached hydrogens (tertiary/aromatic N) is 5. The van der Waals surface area contributed by atoms with Crippen molar-refractivity contribution in [3.8, 4) is 11.6 Å². The highest BCUT2D eigenvalue weighted by molar-refractivity contribution is 7.90. The molecule has 18 heteroatoms. The van der Waals surface area contributed by atoms with Gasteiger partial charge >= 0.3 is 0 Å². The Labute approximate surface area is 414 Å². The van der Waals surface area contributed by atoms with Crippen molar-refractivity contribution < 1.29 is 37.1 Å². The van der Waals surface area contributed by atoms with Crippen LogP contribution >= 0.6 is 0 Å². The van der Waals surface area contributed by atoms with Gasteiger partial charge in [0.1, 0.15) is 28.9 Å². The molecule has 4 saturated heterocycles. The molecule has 3 atom stereocenters. The number of nitro benzene ring substituents is 1. The van der Waals surface area contributed by atoms with Crippen molar-refractivity contribution in [1.29, 1.82) is 0 Å². The van der Waals surface area contributed by atoms with Crippen LogP contribution in [-0.4, -0.2) is 112 Å². The van der Waals surface area contributed by atoms with Gasteiger partial charge in [0, 0.05) is 92.9 Å². The topological polar surface area (TPSA) is 194 Å². The first-order valence-electron chi connectivity index (χ1n) is 25.5. The highest BCUT2D eigenvalue weighted by Crippen LogP contribution is 2.55. The predicted octanol–water partition coefficient (Wildman–Crippen LogP) is 8.74. The first-order chi connectivity index (χ1) is 34.4. The number of hydrogen-bond donors (Lipinski definition) is 3. The molecule has 1 amide bonds. The van der Waals surface area contributed by atoms with Gasteiger partial charge in [-0.2, -0.15) is 4.98 Å². The van der Waals surface area contributed by atoms with Crippen LogP contribution < -0.4 is 29.3 Å². The molecular weight excluding hydrogens is 925 g/mol. The monoisotopic (exact) mass is 988 g/mol. The number of rotatable bonds is 13. The summed E-state index contributed by atoms with van der Waals surface area (Å²) in [6.45, 7) is 10.1. The molecule has 6 aliphatic rings. The van der Waals surface area contributed by atoms with E-state index in [1.165, 1.54) is 37.0 Å². The Balaban J connectivity index is 0.868. The summed E-state index contributed by atoms with van der Waals surface area (Å²) in [4.78, 5) is 41.3. The molecular formula is C53H64N8O9S. The molecule has 17 nitrogen and oxygen atoms in total. The van der Waals surface area contributed by atoms with Gasteiger partial charge in [-0.3, -0.25) is 19.8 Å². The second kappa shape index (κ2) is 19.6. The van der Waals surface area contributed by atoms with Gasteiger partial charge in [-0.15, -0.1) is 0 Å². The zero-order valence-electron chi connectivity index (χ0n) is 40.5. The van der Waals surface area contributed by atoms with Crippen molar-refractivity contribution >= 4 is 55.4 Å². The van der Waals surface area contributed by atoms with E-state index < -0.39 is 31.4 Å². The van der Waals surface area contributed by atoms with E-state index in [0.717, 1.165) is 74.6 Å². The number of ether oxygens (including phenoxy) is 4. The number of nitrogens with one attached hydrogen (secondary N) is 3. The second-order valence-electron chi connectivity index (χ2n) is 20.8. The Morgan fingerprint density at radius 3 is 2.56 bits per heavy atom. The summed E-state index contributed by atoms with van der Waals surface area (Å²) in [6, 6.07) is 22.7. The predicted molar refractivity (Wildman–Crippen MR) is 270 cm³/mol. The number of H-pyrrole nitrogens is 1. The SMILES string of the molecule is CC(C)Oc1ccccc1[C@@H]1CCCN1C1CC2(CCN(c3ccc(C(=O)NS(=O)(=O)c4ccc(NCC5CCOCC5)c([N+](=O)[O-])c4)c(N4C[C@H]5CCOC[C@@H]5Oc5nc6[nH]ccc6cc54)c3)CC2)C1. The number of fused-ring (bicyclic) bond motifs is 3. The van der Waals surface area contributed by atoms with Crippen molar-refractivity contribution in [3.63, 3.8) is 0 Å². The molecule has 7 heterocycles. The first-order valence-corrected chi connectivity index (χ1v) is 27.0. The van der Waals surface area contributed by atoms with Crippen LogP contribution in [0.15, 0.2) is 83.9 Å². The summed E-state index contributed by atoms with van der Waals surface area (Å²) >= 11 is 0. The minimum absolute atomic E-state index is 0.00605. The van der Waals surface area contributed by atoms with Crippen LogP contribution in [0, 0.1) is 27.4 Å². The van der Waals surface area contributed by atoms with Gasteiger partial charge in [0.25, 0.3) is 21.6 Å². The van der Waals surface area contributed by atoms with E-state index >= 15 is 0 Å². The third-order valence-corrected chi connectivity index (χ3v) is 17.3. The molecule has 1 saturated carbocycles. The van der Waals surface area contributed by atoms with Gasteiger partial charge in [0.15, 0.2) is 0 Å². The number of sulfonamides is 1. The van der Waals surface area contributed by atoms with Crippen LogP contribution in [0.3, 0.4) is 0 Å². The van der Waals surface area contributed by atoms with Gasteiger partial charge in [-0.1, -0.05) is 18.2 Å². The van der Waals surface area contributed by atoms with Crippen LogP contribution in [-0.2, 0) is 19.5 Å². The lowest BCUT2D eigenvalue weighted by atomic mass is 9.60. The Bertz CT molecular complexity index is 2890. The number of amides is 1. The van der Waals surface area contributed by atoms with E-state index in [1.807, 2.05) is 30.5 Å². The molecule has 0 bridgehead atoms. The maximum atomic E-state index is 14.7. The maximum absolute atomic E-state index is 14.7. The van der Waals surface area contributed by atoms with Gasteiger partial charge < -0.3 is 39.0 Å². The summed E-state index contributed by atoms with van der Waals surface area (Å²) < 4.78 is 54.8. The van der Waals surface area contributed by atoms with E-state index in [2.05, 4.69) is 67.8 Å². The molecule has 5 fully saturated rings. The molecule has 376 valence electrons. The smallest absolute Gasteiger partial charge is 0.293 e. The van der Waals surface area contributed by atoms with E-state index in [9.17, 15) is 23.3 Å². The molecule has 0 radical (unpaired) electrons. The lowest BCUT2D eigenvalue weighted by molar-refractivity contribution is -0.384. The molecule has 3 aromatic carbocycles. The highest BCUT2D eigenvalue weighted by atomic mass is 32.2. The zero-order valence-corrected chi connectivity index (χ0v) is 41.3. The van der Waals surface area contributed by atoms with E-state index in [4.69, 9.17) is 23.9 Å². The number of pyridine rings is 1. The molecule has 1 spiro atoms. The molecule has 5 aromatic rings. The largest absolute Gasteiger partial charge is 0.491 e. The lowest BCUT2D eigenvalue weighted by Gasteiger charge is -2.56. The number of likely N-dealkylation sites (tertiary alicyclic amines) is 1. The van der Waals surface area contributed by atoms with Gasteiger partial charge in [0.05, 0.1) is 33.8 Å². The maximum Gasteiger partial charge on any atom is 0.293 e. The minimum atomic E-state index is -4.59. The third-order valence-electron chi connectivity index (χ3n) is 16.0. The molecule has 3 N–H and O–H groups in total. The Hall–Kier alpha value is -5.95. The van der Waals surface area contributed by atoms with E-state index in [1.54, 1.807) is 6.07 Å². The summed E-state index contributed by atoms with van der Waals surface area (Å²) in [6.07, 6.45) is 10.7. The van der Waals surface area contributed by atoms with Crippen molar-refractivity contribution in [1.82, 2.24) is 19.6 Å². The Morgan fingerprint density at radius 1 is 0.958 bits per heavy atom. The molecule has 71 heavy (non-hydrogen) atoms. The summed E-state index contributed by atoms with van der Waals surface area (Å²) in [5, 5.41) is 16.3. The standard InChI is InChI=1S/C53H64N8O9S/c1-34(2)69-48-8-4-3-6-41(48)44-7-5-20-59(44)39-29-53(30-39)17-21-58(22-18-53)38-9-11-42(45(27-38)60-32-37-16-25-68-33-49(37)70-52-47(60)26-36-13-19-54-50(36)56-52)51(62)57-71(65,66)40-10-12-43(46(28-40)61(63)64)55-31-35-14-23-67-24-15-35/h3-4,6,8-13,19,26-28,34-35,37,39,44,49,55H,5,7,14-18,20-25,29-33H2,1-2H3,(H,54,56)(H,57,62)/t37-,44+,49+/m1/s1. The second-order valence-corrected chi connectivity index (χ2v) is 22.5. The van der Waals surface area contributed by atoms with Crippen LogP contribution in [0.4, 0.5) is 28.4 Å². The van der Waals surface area contributed by atoms with Crippen molar-refractivity contribution in [3.05, 3.63) is 100 Å². The zero-order chi connectivity index (χ0) is 48.9. The fourth-order valence-corrected chi connectivity index (χ4v) is 13.1. The fourth-order valence-electron chi connectivity index (χ4n) is 12.1. The van der Waals surface area contributed by atoms with Gasteiger partial charge in [0.2, 0.25) is 5.88 Å². The lowest BCUT2D eigenvalue weighted by Crippen LogP contribution is -2.54. The Kier molecular flexibility index (Phi) is 13.1. The number of carbonyl (C=O) groups is 1. The summed E-state index contributed by atoms with van der Waals surface area (Å²) in [5.41, 5.74) is 4.24. The number of aromatic nitrogens is 2. The highest BCUT2D eigenvalue weighted by Gasteiger charge is 2.50. The van der Waals surface area contributed by atoms with Crippen molar-refractivity contribution in [2.24, 2.45) is 17.3 Å². The number of carbonyl (C=O) groups excluding carboxylic acids is 1. The third kappa shape index (κ3) is 9.63. The van der Waals surface area contributed by atoms with Crippen molar-refractivity contribution in [2.75, 3.05) is 74.3 Å². The molecule has 1 aliphatic carbocycles. The van der Waals surface area contributed by atoms with Crippen molar-refractivity contribution in [2.45, 2.75) is 101 Å². The van der Waals surface area contributed by atoms with Gasteiger partial charge in [-0.25, -0.2) is 13.1 Å². The first kappa shape index (κ1) is 47.4. The fraction of sp³-hybridized carbons (Fsp3) is 0.509. The summed E-state index contributed by atoms with van der Waals surface area (Å²) in [5.74, 6) is 0.794. The normalized spacial score (nSPS) is 22.9. The van der Waals surface area contributed by atoms with Gasteiger partial charge in [-0.05, 0) is 138 Å². The molecule has 0 unspecified atom stereocenters.